The molecule has 4 heterocycles. The van der Waals surface area contributed by atoms with E-state index in [9.17, 15) is 14.4 Å². The lowest BCUT2D eigenvalue weighted by atomic mass is 9.89. The van der Waals surface area contributed by atoms with Gasteiger partial charge in [-0.3, -0.25) is 19.5 Å². The van der Waals surface area contributed by atoms with Crippen LogP contribution in [-0.2, 0) is 18.3 Å². The molecule has 1 atom stereocenters. The van der Waals surface area contributed by atoms with Crippen LogP contribution in [-0.4, -0.2) is 56.7 Å². The second-order valence-electron chi connectivity index (χ2n) is 9.53. The molecule has 3 aromatic heterocycles. The average molecular weight is 525 g/mol. The Labute approximate surface area is 219 Å². The summed E-state index contributed by atoms with van der Waals surface area (Å²) in [5.74, 6) is 0.0690. The zero-order valence-electron chi connectivity index (χ0n) is 20.8. The van der Waals surface area contributed by atoms with Gasteiger partial charge in [-0.1, -0.05) is 11.6 Å². The third-order valence-corrected chi connectivity index (χ3v) is 7.65. The van der Waals surface area contributed by atoms with Gasteiger partial charge < -0.3 is 19.5 Å². The number of aromatic amines is 1. The van der Waals surface area contributed by atoms with Gasteiger partial charge in [-0.05, 0) is 49.8 Å². The van der Waals surface area contributed by atoms with E-state index in [1.807, 2.05) is 6.07 Å². The van der Waals surface area contributed by atoms with E-state index in [1.54, 1.807) is 34.7 Å². The summed E-state index contributed by atoms with van der Waals surface area (Å²) in [6, 6.07) is 6.64. The van der Waals surface area contributed by atoms with E-state index < -0.39 is 0 Å². The molecule has 0 bridgehead atoms. The number of likely N-dealkylation sites (tertiary alicyclic amines) is 1. The topological polar surface area (TPSA) is 122 Å². The largest absolute Gasteiger partial charge is 0.481 e. The minimum Gasteiger partial charge on any atom is -0.481 e. The Hall–Kier alpha value is -3.66. The van der Waals surface area contributed by atoms with Crippen LogP contribution in [0.5, 0.6) is 5.88 Å². The number of fused-ring (bicyclic) bond motifs is 1. The van der Waals surface area contributed by atoms with Crippen LogP contribution in [0.15, 0.2) is 35.3 Å². The number of carbonyl (C=O) groups is 2. The summed E-state index contributed by atoms with van der Waals surface area (Å²) >= 11 is 6.26. The summed E-state index contributed by atoms with van der Waals surface area (Å²) in [6.07, 6.45) is 5.26. The number of H-pyrrole nitrogens is 1. The molecule has 1 aliphatic heterocycles. The molecule has 3 aromatic rings. The van der Waals surface area contributed by atoms with Crippen molar-refractivity contribution in [3.05, 3.63) is 62.8 Å². The number of halogens is 1. The SMILES string of the molecule is COc1cc(-c2cc(C(=O)N3CCC(C(=O)NC4CCCc5c4ccc(=O)n5C)CC3)[nH]n2)c(Cl)cn1. The molecule has 11 heteroatoms. The Balaban J connectivity index is 1.20. The molecule has 2 aliphatic rings. The van der Waals surface area contributed by atoms with Crippen LogP contribution in [0.2, 0.25) is 5.02 Å². The quantitative estimate of drug-likeness (QED) is 0.529. The first kappa shape index (κ1) is 25.0. The van der Waals surface area contributed by atoms with Crippen molar-refractivity contribution in [3.8, 4) is 17.1 Å². The second kappa shape index (κ2) is 10.4. The van der Waals surface area contributed by atoms with Crippen molar-refractivity contribution in [2.24, 2.45) is 13.0 Å². The van der Waals surface area contributed by atoms with Gasteiger partial charge in [-0.25, -0.2) is 4.98 Å². The normalized spacial score (nSPS) is 17.8. The number of hydrogen-bond donors (Lipinski definition) is 2. The van der Waals surface area contributed by atoms with E-state index in [0.717, 1.165) is 30.5 Å². The number of nitrogens with one attached hydrogen (secondary N) is 2. The Morgan fingerprint density at radius 3 is 2.73 bits per heavy atom. The molecule has 0 aromatic carbocycles. The van der Waals surface area contributed by atoms with Crippen LogP contribution in [0.1, 0.15) is 53.5 Å². The number of amides is 2. The number of methoxy groups -OCH3 is 1. The summed E-state index contributed by atoms with van der Waals surface area (Å²) in [5, 5.41) is 10.7. The molecule has 5 rings (SSSR count). The first-order chi connectivity index (χ1) is 17.9. The summed E-state index contributed by atoms with van der Waals surface area (Å²) in [4.78, 5) is 44.0. The van der Waals surface area contributed by atoms with E-state index in [1.165, 1.54) is 13.3 Å². The molecule has 0 saturated carbocycles. The molecule has 1 aliphatic carbocycles. The van der Waals surface area contributed by atoms with Crippen LogP contribution in [0, 0.1) is 5.92 Å². The maximum atomic E-state index is 13.1. The highest BCUT2D eigenvalue weighted by Gasteiger charge is 2.31. The molecule has 0 spiro atoms. The number of hydrogen-bond acceptors (Lipinski definition) is 6. The molecule has 1 fully saturated rings. The minimum atomic E-state index is -0.170. The Bertz CT molecular complexity index is 1390. The number of ether oxygens (including phenoxy) is 1. The fourth-order valence-corrected chi connectivity index (χ4v) is 5.41. The monoisotopic (exact) mass is 524 g/mol. The maximum absolute atomic E-state index is 13.1. The van der Waals surface area contributed by atoms with Crippen molar-refractivity contribution in [2.75, 3.05) is 20.2 Å². The highest BCUT2D eigenvalue weighted by atomic mass is 35.5. The molecule has 1 saturated heterocycles. The van der Waals surface area contributed by atoms with Gasteiger partial charge in [0, 0.05) is 49.4 Å². The van der Waals surface area contributed by atoms with Crippen LogP contribution in [0.25, 0.3) is 11.3 Å². The lowest BCUT2D eigenvalue weighted by Gasteiger charge is -2.33. The fraction of sp³-hybridized carbons (Fsp3) is 0.423. The smallest absolute Gasteiger partial charge is 0.271 e. The van der Waals surface area contributed by atoms with Gasteiger partial charge in [-0.15, -0.1) is 0 Å². The van der Waals surface area contributed by atoms with E-state index in [2.05, 4.69) is 20.5 Å². The molecular weight excluding hydrogens is 496 g/mol. The average Bonchev–Trinajstić information content (AvgIpc) is 3.41. The Morgan fingerprint density at radius 2 is 1.97 bits per heavy atom. The Kier molecular flexibility index (Phi) is 7.01. The Morgan fingerprint density at radius 1 is 1.19 bits per heavy atom. The number of rotatable bonds is 5. The second-order valence-corrected chi connectivity index (χ2v) is 9.93. The number of nitrogens with zero attached hydrogens (tertiary/aromatic N) is 4. The van der Waals surface area contributed by atoms with Crippen LogP contribution in [0.3, 0.4) is 0 Å². The van der Waals surface area contributed by atoms with Crippen LogP contribution in [0.4, 0.5) is 0 Å². The van der Waals surface area contributed by atoms with E-state index in [-0.39, 0.29) is 29.3 Å². The maximum Gasteiger partial charge on any atom is 0.271 e. The summed E-state index contributed by atoms with van der Waals surface area (Å²) in [5.41, 5.74) is 3.48. The first-order valence-corrected chi connectivity index (χ1v) is 12.8. The number of carbonyl (C=O) groups excluding carboxylic acids is 2. The number of piperidine rings is 1. The van der Waals surface area contributed by atoms with Crippen molar-refractivity contribution in [2.45, 2.75) is 38.1 Å². The lowest BCUT2D eigenvalue weighted by Crippen LogP contribution is -2.44. The minimum absolute atomic E-state index is 0.00362. The van der Waals surface area contributed by atoms with Crippen molar-refractivity contribution in [3.63, 3.8) is 0 Å². The number of pyridine rings is 2. The van der Waals surface area contributed by atoms with E-state index in [0.29, 0.717) is 53.8 Å². The molecule has 10 nitrogen and oxygen atoms in total. The predicted molar refractivity (Wildman–Crippen MR) is 138 cm³/mol. The van der Waals surface area contributed by atoms with Gasteiger partial charge in [0.15, 0.2) is 0 Å². The molecule has 194 valence electrons. The third-order valence-electron chi connectivity index (χ3n) is 7.35. The van der Waals surface area contributed by atoms with Gasteiger partial charge in [0.1, 0.15) is 5.69 Å². The highest BCUT2D eigenvalue weighted by molar-refractivity contribution is 6.33. The zero-order chi connectivity index (χ0) is 26.1. The highest BCUT2D eigenvalue weighted by Crippen LogP contribution is 2.31. The van der Waals surface area contributed by atoms with Gasteiger partial charge in [0.25, 0.3) is 5.91 Å². The standard InChI is InChI=1S/C26H29ClN6O4/c1-32-22-5-3-4-19(16(22)6-7-24(32)34)29-25(35)15-8-10-33(11-9-15)26(36)21-13-20(30-31-21)17-12-23(37-2)28-14-18(17)27/h6-7,12-15,19H,3-5,8-11H2,1-2H3,(H,29,35)(H,30,31). The summed E-state index contributed by atoms with van der Waals surface area (Å²) in [7, 11) is 3.30. The van der Waals surface area contributed by atoms with Gasteiger partial charge >= 0.3 is 0 Å². The van der Waals surface area contributed by atoms with E-state index >= 15 is 0 Å². The predicted octanol–water partition coefficient (Wildman–Crippen LogP) is 2.88. The number of aromatic nitrogens is 4. The molecule has 2 amide bonds. The summed E-state index contributed by atoms with van der Waals surface area (Å²) < 4.78 is 6.83. The van der Waals surface area contributed by atoms with Gasteiger partial charge in [0.05, 0.1) is 30.1 Å². The van der Waals surface area contributed by atoms with Crippen LogP contribution >= 0.6 is 11.6 Å². The molecule has 1 unspecified atom stereocenters. The first-order valence-electron chi connectivity index (χ1n) is 12.4. The van der Waals surface area contributed by atoms with Gasteiger partial charge in [-0.2, -0.15) is 5.10 Å². The zero-order valence-corrected chi connectivity index (χ0v) is 21.5. The fourth-order valence-electron chi connectivity index (χ4n) is 5.21. The third kappa shape index (κ3) is 4.98. The molecule has 37 heavy (non-hydrogen) atoms. The summed E-state index contributed by atoms with van der Waals surface area (Å²) in [6.45, 7) is 0.954. The van der Waals surface area contributed by atoms with Crippen molar-refractivity contribution in [1.29, 1.82) is 0 Å². The molecular formula is C26H29ClN6O4. The van der Waals surface area contributed by atoms with Crippen molar-refractivity contribution < 1.29 is 14.3 Å². The van der Waals surface area contributed by atoms with Gasteiger partial charge in [0.2, 0.25) is 17.3 Å². The van der Waals surface area contributed by atoms with Crippen molar-refractivity contribution >= 4 is 23.4 Å². The van der Waals surface area contributed by atoms with Crippen LogP contribution < -0.4 is 15.6 Å². The molecule has 0 radical (unpaired) electrons. The lowest BCUT2D eigenvalue weighted by molar-refractivity contribution is -0.127. The van der Waals surface area contributed by atoms with Crippen molar-refractivity contribution in [1.82, 2.24) is 30.0 Å². The molecule has 2 N–H and O–H groups in total. The van der Waals surface area contributed by atoms with E-state index in [4.69, 9.17) is 16.3 Å².